The molecule has 0 spiro atoms. The number of hydrogen-bond donors (Lipinski definition) is 0. The largest absolute Gasteiger partial charge is 0.383 e. The Labute approximate surface area is 178 Å². The van der Waals surface area contributed by atoms with E-state index < -0.39 is 0 Å². The Morgan fingerprint density at radius 2 is 1.71 bits per heavy atom. The predicted molar refractivity (Wildman–Crippen MR) is 117 cm³/mol. The first-order valence-corrected chi connectivity index (χ1v) is 10.3. The molecule has 1 aliphatic rings. The van der Waals surface area contributed by atoms with Crippen LogP contribution < -0.4 is 0 Å². The Bertz CT molecular complexity index is 1020. The van der Waals surface area contributed by atoms with Crippen molar-refractivity contribution in [3.63, 3.8) is 0 Å². The second-order valence-corrected chi connectivity index (χ2v) is 8.83. The van der Waals surface area contributed by atoms with Crippen LogP contribution in [-0.4, -0.2) is 10.5 Å². The third-order valence-electron chi connectivity index (χ3n) is 5.30. The monoisotopic (exact) mass is 457 g/mol. The molecule has 3 nitrogen and oxygen atoms in total. The minimum absolute atomic E-state index is 0.143. The molecular weight excluding hydrogens is 438 g/mol. The van der Waals surface area contributed by atoms with Crippen LogP contribution in [0.3, 0.4) is 0 Å². The normalized spacial score (nSPS) is 14.7. The van der Waals surface area contributed by atoms with Gasteiger partial charge in [0.2, 0.25) is 0 Å². The molecule has 0 aliphatic carbocycles. The number of halogens is 2. The quantitative estimate of drug-likeness (QED) is 0.449. The first-order valence-electron chi connectivity index (χ1n) is 9.26. The molecule has 1 aliphatic heterocycles. The van der Waals surface area contributed by atoms with E-state index in [9.17, 15) is 4.79 Å². The maximum absolute atomic E-state index is 12.2. The van der Waals surface area contributed by atoms with E-state index in [0.717, 1.165) is 35.3 Å². The zero-order chi connectivity index (χ0) is 19.9. The second-order valence-electron chi connectivity index (χ2n) is 8.07. The highest BCUT2D eigenvalue weighted by atomic mass is 79.9. The molecule has 3 aromatic rings. The van der Waals surface area contributed by atoms with Gasteiger partial charge in [0.15, 0.2) is 16.3 Å². The van der Waals surface area contributed by atoms with E-state index in [0.29, 0.717) is 5.02 Å². The van der Waals surface area contributed by atoms with Crippen molar-refractivity contribution in [1.29, 1.82) is 0 Å². The maximum atomic E-state index is 12.2. The van der Waals surface area contributed by atoms with Crippen LogP contribution in [0.2, 0.25) is 5.02 Å². The third-order valence-corrected chi connectivity index (χ3v) is 5.92. The molecule has 5 heteroatoms. The highest BCUT2D eigenvalue weighted by Crippen LogP contribution is 2.47. The lowest BCUT2D eigenvalue weighted by Crippen LogP contribution is -2.15. The van der Waals surface area contributed by atoms with Gasteiger partial charge in [-0.1, -0.05) is 67.9 Å². The molecule has 0 fully saturated rings. The van der Waals surface area contributed by atoms with E-state index in [2.05, 4.69) is 58.9 Å². The molecule has 0 N–H and O–H groups in total. The first kappa shape index (κ1) is 19.3. The minimum Gasteiger partial charge on any atom is -0.383 e. The molecule has 4 rings (SSSR count). The van der Waals surface area contributed by atoms with Gasteiger partial charge >= 0.3 is 5.97 Å². The minimum atomic E-state index is -0.306. The molecule has 0 saturated carbocycles. The average molecular weight is 459 g/mol. The number of fused-ring (bicyclic) bond motifs is 1. The van der Waals surface area contributed by atoms with E-state index >= 15 is 0 Å². The molecular formula is C23H21BrClNO2. The third kappa shape index (κ3) is 3.51. The number of rotatable bonds is 4. The van der Waals surface area contributed by atoms with Crippen molar-refractivity contribution in [2.45, 2.75) is 33.2 Å². The Hall–Kier alpha value is -2.04. The van der Waals surface area contributed by atoms with Crippen molar-refractivity contribution in [3.05, 3.63) is 71.0 Å². The zero-order valence-corrected chi connectivity index (χ0v) is 18.2. The topological polar surface area (TPSA) is 31.2 Å². The summed E-state index contributed by atoms with van der Waals surface area (Å²) in [6, 6.07) is 18.2. The summed E-state index contributed by atoms with van der Waals surface area (Å²) >= 11 is 8.97. The Balaban J connectivity index is 2.02. The van der Waals surface area contributed by atoms with E-state index in [4.69, 9.17) is 15.4 Å². The lowest BCUT2D eigenvalue weighted by molar-refractivity contribution is -0.131. The van der Waals surface area contributed by atoms with E-state index in [1.54, 1.807) is 0 Å². The molecule has 0 saturated heterocycles. The van der Waals surface area contributed by atoms with Gasteiger partial charge in [-0.2, -0.15) is 0 Å². The average Bonchev–Trinajstić information content (AvgIpc) is 3.14. The lowest BCUT2D eigenvalue weighted by Gasteiger charge is -2.19. The maximum Gasteiger partial charge on any atom is 0.323 e. The fourth-order valence-corrected chi connectivity index (χ4v) is 4.46. The van der Waals surface area contributed by atoms with Gasteiger partial charge < -0.3 is 8.40 Å². The van der Waals surface area contributed by atoms with Crippen LogP contribution in [0.25, 0.3) is 22.3 Å². The SMILES string of the molecule is CC1(C)Cc2c(-c3ccccc3)c(-c3ccc(Cl)cc3)c(CC(=O)OBr)n2C1. The number of aromatic nitrogens is 1. The Morgan fingerprint density at radius 1 is 1.07 bits per heavy atom. The molecule has 2 aromatic carbocycles. The van der Waals surface area contributed by atoms with Crippen molar-refractivity contribution in [2.75, 3.05) is 0 Å². The van der Waals surface area contributed by atoms with Crippen LogP contribution >= 0.6 is 27.9 Å². The van der Waals surface area contributed by atoms with Crippen LogP contribution in [0, 0.1) is 5.41 Å². The molecule has 0 bridgehead atoms. The molecule has 2 heterocycles. The van der Waals surface area contributed by atoms with Crippen LogP contribution in [0.15, 0.2) is 54.6 Å². The van der Waals surface area contributed by atoms with Gasteiger partial charge in [0.05, 0.1) is 6.42 Å². The molecule has 0 radical (unpaired) electrons. The fourth-order valence-electron chi connectivity index (χ4n) is 4.22. The van der Waals surface area contributed by atoms with Crippen molar-refractivity contribution < 1.29 is 8.62 Å². The summed E-state index contributed by atoms with van der Waals surface area (Å²) in [6.45, 7) is 5.41. The number of benzene rings is 2. The second kappa shape index (κ2) is 7.41. The summed E-state index contributed by atoms with van der Waals surface area (Å²) in [5.41, 5.74) is 6.92. The number of hydrogen-bond acceptors (Lipinski definition) is 2. The first-order chi connectivity index (χ1) is 13.4. The summed E-state index contributed by atoms with van der Waals surface area (Å²) in [5.74, 6) is -0.306. The summed E-state index contributed by atoms with van der Waals surface area (Å²) in [7, 11) is 0. The smallest absolute Gasteiger partial charge is 0.323 e. The fraction of sp³-hybridized carbons (Fsp3) is 0.261. The number of carbonyl (C=O) groups excluding carboxylic acids is 1. The van der Waals surface area contributed by atoms with E-state index in [1.807, 2.05) is 30.3 Å². The number of carbonyl (C=O) groups is 1. The summed E-state index contributed by atoms with van der Waals surface area (Å²) in [4.78, 5) is 12.2. The highest BCUT2D eigenvalue weighted by molar-refractivity contribution is 9.06. The molecule has 0 unspecified atom stereocenters. The van der Waals surface area contributed by atoms with E-state index in [-0.39, 0.29) is 17.8 Å². The number of nitrogens with zero attached hydrogens (tertiary/aromatic N) is 1. The molecule has 28 heavy (non-hydrogen) atoms. The van der Waals surface area contributed by atoms with E-state index in [1.165, 1.54) is 11.3 Å². The van der Waals surface area contributed by atoms with Crippen molar-refractivity contribution in [1.82, 2.24) is 4.57 Å². The van der Waals surface area contributed by atoms with Gasteiger partial charge in [-0.05, 0) is 35.1 Å². The molecule has 1 aromatic heterocycles. The molecule has 144 valence electrons. The van der Waals surface area contributed by atoms with Crippen LogP contribution in [0.1, 0.15) is 25.2 Å². The summed E-state index contributed by atoms with van der Waals surface area (Å²) < 4.78 is 7.15. The van der Waals surface area contributed by atoms with Gasteiger partial charge in [0.25, 0.3) is 0 Å². The summed E-state index contributed by atoms with van der Waals surface area (Å²) in [5, 5.41) is 0.694. The van der Waals surface area contributed by atoms with Gasteiger partial charge in [0.1, 0.15) is 0 Å². The van der Waals surface area contributed by atoms with Crippen molar-refractivity contribution in [3.8, 4) is 22.3 Å². The van der Waals surface area contributed by atoms with Gasteiger partial charge in [-0.3, -0.25) is 4.79 Å². The zero-order valence-electron chi connectivity index (χ0n) is 15.8. The van der Waals surface area contributed by atoms with Crippen LogP contribution in [-0.2, 0) is 28.0 Å². The summed E-state index contributed by atoms with van der Waals surface area (Å²) in [6.07, 6.45) is 1.17. The Kier molecular flexibility index (Phi) is 5.11. The van der Waals surface area contributed by atoms with Crippen molar-refractivity contribution in [2.24, 2.45) is 5.41 Å². The highest BCUT2D eigenvalue weighted by Gasteiger charge is 2.36. The van der Waals surface area contributed by atoms with Gasteiger partial charge in [0, 0.05) is 34.1 Å². The van der Waals surface area contributed by atoms with Crippen LogP contribution in [0.5, 0.6) is 0 Å². The predicted octanol–water partition coefficient (Wildman–Crippen LogP) is 6.45. The van der Waals surface area contributed by atoms with Crippen LogP contribution in [0.4, 0.5) is 0 Å². The Morgan fingerprint density at radius 3 is 2.36 bits per heavy atom. The van der Waals surface area contributed by atoms with Crippen molar-refractivity contribution >= 4 is 33.8 Å². The molecule has 0 atom stereocenters. The molecule has 0 amide bonds. The lowest BCUT2D eigenvalue weighted by atomic mass is 9.86. The standard InChI is InChI=1S/C23H21BrClNO2/c1-23(2)13-19-22(15-6-4-3-5-7-15)21(16-8-10-17(25)11-9-16)18(26(19)14-23)12-20(27)28-24/h3-11H,12-14H2,1-2H3. The van der Waals surface area contributed by atoms with Gasteiger partial charge in [-0.25, -0.2) is 0 Å². The van der Waals surface area contributed by atoms with Gasteiger partial charge in [-0.15, -0.1) is 0 Å².